The van der Waals surface area contributed by atoms with Gasteiger partial charge in [-0.1, -0.05) is 6.92 Å². The molecule has 0 unspecified atom stereocenters. The van der Waals surface area contributed by atoms with Crippen molar-refractivity contribution < 1.29 is 9.90 Å². The van der Waals surface area contributed by atoms with E-state index in [-0.39, 0.29) is 12.0 Å². The minimum Gasteiger partial charge on any atom is -0.391 e. The van der Waals surface area contributed by atoms with Gasteiger partial charge in [0.1, 0.15) is 0 Å². The number of hydrogen-bond donors (Lipinski definition) is 1. The molecule has 1 saturated carbocycles. The molecule has 1 aliphatic carbocycles. The quantitative estimate of drug-likeness (QED) is 0.928. The molecule has 4 nitrogen and oxygen atoms in total. The van der Waals surface area contributed by atoms with Crippen LogP contribution < -0.4 is 0 Å². The van der Waals surface area contributed by atoms with E-state index < -0.39 is 0 Å². The lowest BCUT2D eigenvalue weighted by atomic mass is 10.1. The van der Waals surface area contributed by atoms with Crippen LogP contribution >= 0.6 is 11.3 Å². The Hall–Kier alpha value is -0.910. The van der Waals surface area contributed by atoms with Gasteiger partial charge in [-0.05, 0) is 42.7 Å². The summed E-state index contributed by atoms with van der Waals surface area (Å²) < 4.78 is 0. The average Bonchev–Trinajstić information content (AvgIpc) is 3.15. The highest BCUT2D eigenvalue weighted by molar-refractivity contribution is 7.12. The Kier molecular flexibility index (Phi) is 4.62. The van der Waals surface area contributed by atoms with Crippen molar-refractivity contribution in [2.75, 3.05) is 26.2 Å². The molecule has 1 aromatic rings. The number of carbonyl (C=O) groups is 1. The molecular weight excluding hydrogens is 284 g/mol. The summed E-state index contributed by atoms with van der Waals surface area (Å²) in [6.45, 7) is 5.44. The minimum atomic E-state index is -0.170. The van der Waals surface area contributed by atoms with Crippen LogP contribution in [0.1, 0.15) is 41.4 Å². The highest BCUT2D eigenvalue weighted by Crippen LogP contribution is 2.26. The number of thiophene rings is 1. The van der Waals surface area contributed by atoms with Crippen LogP contribution in [0.15, 0.2) is 11.4 Å². The number of aliphatic hydroxyl groups excluding tert-OH is 1. The second-order valence-electron chi connectivity index (χ2n) is 6.02. The molecule has 1 saturated heterocycles. The zero-order chi connectivity index (χ0) is 14.8. The van der Waals surface area contributed by atoms with Gasteiger partial charge in [-0.2, -0.15) is 0 Å². The first kappa shape index (κ1) is 15.0. The van der Waals surface area contributed by atoms with Crippen molar-refractivity contribution in [1.82, 2.24) is 9.80 Å². The molecule has 0 radical (unpaired) electrons. The summed E-state index contributed by atoms with van der Waals surface area (Å²) in [5, 5.41) is 12.0. The van der Waals surface area contributed by atoms with Gasteiger partial charge in [-0.25, -0.2) is 0 Å². The first-order chi connectivity index (χ1) is 10.2. The SMILES string of the molecule is CCc1ccsc1C(=O)N1CCN([C@@H]2CCC[C@H]2O)CC1. The fourth-order valence-electron chi connectivity index (χ4n) is 3.55. The summed E-state index contributed by atoms with van der Waals surface area (Å²) in [5.74, 6) is 0.188. The van der Waals surface area contributed by atoms with Gasteiger partial charge in [0.25, 0.3) is 5.91 Å². The fraction of sp³-hybridized carbons (Fsp3) is 0.688. The molecular formula is C16H24N2O2S. The lowest BCUT2D eigenvalue weighted by Crippen LogP contribution is -2.53. The maximum absolute atomic E-state index is 12.6. The van der Waals surface area contributed by atoms with Gasteiger partial charge in [0.05, 0.1) is 11.0 Å². The van der Waals surface area contributed by atoms with Crippen molar-refractivity contribution in [2.24, 2.45) is 0 Å². The van der Waals surface area contributed by atoms with Crippen LogP contribution in [-0.4, -0.2) is 59.1 Å². The summed E-state index contributed by atoms with van der Waals surface area (Å²) in [6, 6.07) is 2.37. The van der Waals surface area contributed by atoms with Crippen LogP contribution in [0, 0.1) is 0 Å². The van der Waals surface area contributed by atoms with Crippen LogP contribution in [0.5, 0.6) is 0 Å². The topological polar surface area (TPSA) is 43.8 Å². The Bertz CT molecular complexity index is 494. The first-order valence-electron chi connectivity index (χ1n) is 7.98. The molecule has 1 aromatic heterocycles. The molecule has 0 aromatic carbocycles. The Morgan fingerprint density at radius 1 is 1.33 bits per heavy atom. The van der Waals surface area contributed by atoms with Crippen LogP contribution in [0.2, 0.25) is 0 Å². The molecule has 2 heterocycles. The number of hydrogen-bond acceptors (Lipinski definition) is 4. The third-order valence-corrected chi connectivity index (χ3v) is 5.78. The first-order valence-corrected chi connectivity index (χ1v) is 8.86. The summed E-state index contributed by atoms with van der Waals surface area (Å²) in [6.07, 6.45) is 3.90. The molecule has 5 heteroatoms. The van der Waals surface area contributed by atoms with E-state index in [0.717, 1.165) is 56.7 Å². The summed E-state index contributed by atoms with van der Waals surface area (Å²) in [4.78, 5) is 17.9. The third kappa shape index (κ3) is 3.00. The second-order valence-corrected chi connectivity index (χ2v) is 6.94. The lowest BCUT2D eigenvalue weighted by molar-refractivity contribution is 0.0317. The summed E-state index contributed by atoms with van der Waals surface area (Å²) >= 11 is 1.56. The van der Waals surface area contributed by atoms with E-state index in [1.807, 2.05) is 10.3 Å². The Labute approximate surface area is 130 Å². The summed E-state index contributed by atoms with van der Waals surface area (Å²) in [5.41, 5.74) is 1.17. The Morgan fingerprint density at radius 3 is 2.71 bits per heavy atom. The van der Waals surface area contributed by atoms with Gasteiger partial charge < -0.3 is 10.0 Å². The molecule has 2 fully saturated rings. The number of rotatable bonds is 3. The number of amides is 1. The smallest absolute Gasteiger partial charge is 0.264 e. The molecule has 2 aliphatic rings. The molecule has 1 aliphatic heterocycles. The molecule has 21 heavy (non-hydrogen) atoms. The van der Waals surface area contributed by atoms with E-state index >= 15 is 0 Å². The fourth-order valence-corrected chi connectivity index (χ4v) is 4.51. The zero-order valence-corrected chi connectivity index (χ0v) is 13.4. The molecule has 116 valence electrons. The van der Waals surface area contributed by atoms with E-state index in [1.165, 1.54) is 5.56 Å². The maximum atomic E-state index is 12.6. The predicted octanol–water partition coefficient (Wildman–Crippen LogP) is 1.98. The van der Waals surface area contributed by atoms with Crippen molar-refractivity contribution in [2.45, 2.75) is 44.8 Å². The second kappa shape index (κ2) is 6.46. The Morgan fingerprint density at radius 2 is 2.10 bits per heavy atom. The lowest BCUT2D eigenvalue weighted by Gasteiger charge is -2.39. The number of aryl methyl sites for hydroxylation is 1. The monoisotopic (exact) mass is 308 g/mol. The largest absolute Gasteiger partial charge is 0.391 e. The third-order valence-electron chi connectivity index (χ3n) is 4.84. The van der Waals surface area contributed by atoms with Gasteiger partial charge in [-0.15, -0.1) is 11.3 Å². The Balaban J connectivity index is 1.59. The van der Waals surface area contributed by atoms with Crippen LogP contribution in [-0.2, 0) is 6.42 Å². The van der Waals surface area contributed by atoms with Crippen molar-refractivity contribution in [1.29, 1.82) is 0 Å². The molecule has 3 rings (SSSR count). The molecule has 1 amide bonds. The highest BCUT2D eigenvalue weighted by atomic mass is 32.1. The molecule has 0 spiro atoms. The van der Waals surface area contributed by atoms with E-state index in [0.29, 0.717) is 6.04 Å². The predicted molar refractivity (Wildman–Crippen MR) is 84.8 cm³/mol. The van der Waals surface area contributed by atoms with Gasteiger partial charge in [0.2, 0.25) is 0 Å². The van der Waals surface area contributed by atoms with E-state index in [2.05, 4.69) is 17.9 Å². The summed E-state index contributed by atoms with van der Waals surface area (Å²) in [7, 11) is 0. The van der Waals surface area contributed by atoms with Crippen molar-refractivity contribution >= 4 is 17.2 Å². The number of aliphatic hydroxyl groups is 1. The molecule has 1 N–H and O–H groups in total. The van der Waals surface area contributed by atoms with Gasteiger partial charge >= 0.3 is 0 Å². The average molecular weight is 308 g/mol. The van der Waals surface area contributed by atoms with Crippen LogP contribution in [0.4, 0.5) is 0 Å². The van der Waals surface area contributed by atoms with Crippen molar-refractivity contribution in [3.05, 3.63) is 21.9 Å². The minimum absolute atomic E-state index is 0.170. The molecule has 2 atom stereocenters. The zero-order valence-electron chi connectivity index (χ0n) is 12.6. The van der Waals surface area contributed by atoms with E-state index in [4.69, 9.17) is 0 Å². The van der Waals surface area contributed by atoms with Crippen LogP contribution in [0.25, 0.3) is 0 Å². The highest BCUT2D eigenvalue weighted by Gasteiger charge is 2.33. The van der Waals surface area contributed by atoms with Gasteiger partial charge in [0, 0.05) is 32.2 Å². The van der Waals surface area contributed by atoms with Gasteiger partial charge in [0.15, 0.2) is 0 Å². The normalized spacial score (nSPS) is 27.2. The maximum Gasteiger partial charge on any atom is 0.264 e. The van der Waals surface area contributed by atoms with E-state index in [1.54, 1.807) is 11.3 Å². The van der Waals surface area contributed by atoms with Crippen molar-refractivity contribution in [3.63, 3.8) is 0 Å². The molecule has 0 bridgehead atoms. The number of carbonyl (C=O) groups excluding carboxylic acids is 1. The number of nitrogens with zero attached hydrogens (tertiary/aromatic N) is 2. The van der Waals surface area contributed by atoms with E-state index in [9.17, 15) is 9.90 Å². The standard InChI is InChI=1S/C16H24N2O2S/c1-2-12-6-11-21-15(12)16(20)18-9-7-17(8-10-18)13-4-3-5-14(13)19/h6,11,13-14,19H,2-5,7-10H2,1H3/t13-,14-/m1/s1. The van der Waals surface area contributed by atoms with Gasteiger partial charge in [-0.3, -0.25) is 9.69 Å². The van der Waals surface area contributed by atoms with Crippen LogP contribution in [0.3, 0.4) is 0 Å². The number of piperazine rings is 1. The van der Waals surface area contributed by atoms with Crippen molar-refractivity contribution in [3.8, 4) is 0 Å².